The molecule has 3 N–H and O–H groups in total. The second-order valence-electron chi connectivity index (χ2n) is 4.51. The molecule has 2 aromatic heterocycles. The number of nitrogens with one attached hydrogen (secondary N) is 2. The first-order valence-electron chi connectivity index (χ1n) is 6.05. The fourth-order valence-corrected chi connectivity index (χ4v) is 2.34. The number of carbonyl (C=O) groups is 1. The number of hydrogen-bond acceptors (Lipinski definition) is 3. The van der Waals surface area contributed by atoms with E-state index in [9.17, 15) is 4.79 Å². The smallest absolute Gasteiger partial charge is 0.353 e. The van der Waals surface area contributed by atoms with E-state index in [1.54, 1.807) is 7.11 Å². The van der Waals surface area contributed by atoms with Gasteiger partial charge in [0.1, 0.15) is 11.4 Å². The molecule has 0 aliphatic heterocycles. The molecule has 20 heavy (non-hydrogen) atoms. The van der Waals surface area contributed by atoms with Crippen LogP contribution in [-0.4, -0.2) is 33.4 Å². The molecular weight excluding hydrogens is 258 g/mol. The minimum absolute atomic E-state index is 0.0490. The molecule has 0 bridgehead atoms. The monoisotopic (exact) mass is 271 g/mol. The lowest BCUT2D eigenvalue weighted by atomic mass is 10.1. The molecule has 1 aromatic carbocycles. The van der Waals surface area contributed by atoms with Crippen LogP contribution in [0.25, 0.3) is 22.2 Å². The Morgan fingerprint density at radius 3 is 2.85 bits per heavy atom. The third-order valence-corrected chi connectivity index (χ3v) is 3.28. The molecule has 102 valence electrons. The Labute approximate surface area is 114 Å². The molecule has 2 heterocycles. The molecule has 6 heteroatoms. The lowest BCUT2D eigenvalue weighted by Gasteiger charge is -2.08. The van der Waals surface area contributed by atoms with E-state index in [1.165, 1.54) is 6.07 Å². The molecule has 0 fully saturated rings. The Hall–Kier alpha value is -2.76. The zero-order valence-electron chi connectivity index (χ0n) is 11.0. The Kier molecular flexibility index (Phi) is 2.71. The summed E-state index contributed by atoms with van der Waals surface area (Å²) in [5.41, 5.74) is 3.38. The fourth-order valence-electron chi connectivity index (χ4n) is 2.34. The van der Waals surface area contributed by atoms with Crippen LogP contribution in [-0.2, 0) is 0 Å². The fraction of sp³-hybridized carbons (Fsp3) is 0.143. The number of carboxylic acids is 1. The number of fused-ring (bicyclic) bond motifs is 1. The second-order valence-corrected chi connectivity index (χ2v) is 4.51. The number of benzene rings is 1. The predicted octanol–water partition coefficient (Wildman–Crippen LogP) is 2.57. The van der Waals surface area contributed by atoms with Crippen LogP contribution in [0.1, 0.15) is 16.1 Å². The van der Waals surface area contributed by atoms with Gasteiger partial charge in [-0.25, -0.2) is 4.79 Å². The lowest BCUT2D eigenvalue weighted by molar-refractivity contribution is 0.0690. The van der Waals surface area contributed by atoms with Crippen molar-refractivity contribution in [3.63, 3.8) is 0 Å². The summed E-state index contributed by atoms with van der Waals surface area (Å²) in [6, 6.07) is 5.28. The highest BCUT2D eigenvalue weighted by molar-refractivity contribution is 5.96. The number of aromatic nitrogens is 3. The maximum Gasteiger partial charge on any atom is 0.353 e. The minimum Gasteiger partial charge on any atom is -0.495 e. The van der Waals surface area contributed by atoms with Crippen LogP contribution in [0, 0.1) is 6.92 Å². The average Bonchev–Trinajstić information content (AvgIpc) is 3.05. The molecule has 0 atom stereocenters. The summed E-state index contributed by atoms with van der Waals surface area (Å²) in [6.45, 7) is 1.98. The number of rotatable bonds is 3. The van der Waals surface area contributed by atoms with Crippen LogP contribution in [0.5, 0.6) is 5.75 Å². The molecule has 0 aliphatic rings. The van der Waals surface area contributed by atoms with Crippen molar-refractivity contribution >= 4 is 16.9 Å². The number of aromatic carboxylic acids is 1. The first-order chi connectivity index (χ1) is 9.61. The number of methoxy groups -OCH3 is 1. The molecule has 0 radical (unpaired) electrons. The second kappa shape index (κ2) is 4.41. The lowest BCUT2D eigenvalue weighted by Crippen LogP contribution is -1.95. The van der Waals surface area contributed by atoms with E-state index in [0.717, 1.165) is 22.0 Å². The van der Waals surface area contributed by atoms with Gasteiger partial charge in [0.2, 0.25) is 0 Å². The van der Waals surface area contributed by atoms with Gasteiger partial charge in [-0.1, -0.05) is 0 Å². The van der Waals surface area contributed by atoms with Crippen LogP contribution < -0.4 is 4.74 Å². The van der Waals surface area contributed by atoms with Gasteiger partial charge < -0.3 is 14.8 Å². The van der Waals surface area contributed by atoms with Crippen molar-refractivity contribution in [2.24, 2.45) is 0 Å². The van der Waals surface area contributed by atoms with Gasteiger partial charge in [0.15, 0.2) is 0 Å². The van der Waals surface area contributed by atoms with Crippen molar-refractivity contribution in [1.29, 1.82) is 0 Å². The number of H-pyrrole nitrogens is 2. The molecule has 0 aliphatic carbocycles. The van der Waals surface area contributed by atoms with E-state index in [0.29, 0.717) is 11.4 Å². The predicted molar refractivity (Wildman–Crippen MR) is 74.1 cm³/mol. The molecular formula is C14H13N3O3. The number of aryl methyl sites for hydroxylation is 1. The summed E-state index contributed by atoms with van der Waals surface area (Å²) in [5, 5.41) is 16.5. The maximum absolute atomic E-state index is 10.9. The molecule has 3 rings (SSSR count). The summed E-state index contributed by atoms with van der Waals surface area (Å²) < 4.78 is 5.50. The minimum atomic E-state index is -1.04. The maximum atomic E-state index is 10.9. The largest absolute Gasteiger partial charge is 0.495 e. The number of carboxylic acid groups (broad SMARTS) is 1. The van der Waals surface area contributed by atoms with E-state index in [1.807, 2.05) is 25.3 Å². The van der Waals surface area contributed by atoms with Crippen LogP contribution in [0.4, 0.5) is 0 Å². The first-order valence-corrected chi connectivity index (χ1v) is 6.05. The number of hydrogen-bond donors (Lipinski definition) is 3. The van der Waals surface area contributed by atoms with E-state index >= 15 is 0 Å². The summed E-state index contributed by atoms with van der Waals surface area (Å²) in [6.07, 6.45) is 1.91. The van der Waals surface area contributed by atoms with Crippen molar-refractivity contribution in [2.45, 2.75) is 6.92 Å². The zero-order chi connectivity index (χ0) is 14.3. The van der Waals surface area contributed by atoms with Crippen LogP contribution in [0.3, 0.4) is 0 Å². The molecule has 3 aromatic rings. The number of nitrogens with zero attached hydrogens (tertiary/aromatic N) is 1. The molecule has 0 amide bonds. The first kappa shape index (κ1) is 12.3. The van der Waals surface area contributed by atoms with Crippen molar-refractivity contribution in [2.75, 3.05) is 7.11 Å². The Balaban J connectivity index is 2.24. The van der Waals surface area contributed by atoms with Gasteiger partial charge in [0, 0.05) is 22.7 Å². The van der Waals surface area contributed by atoms with Crippen molar-refractivity contribution < 1.29 is 14.6 Å². The quantitative estimate of drug-likeness (QED) is 0.682. The highest BCUT2D eigenvalue weighted by Gasteiger charge is 2.16. The molecule has 0 saturated heterocycles. The van der Waals surface area contributed by atoms with Gasteiger partial charge >= 0.3 is 5.97 Å². The van der Waals surface area contributed by atoms with Crippen LogP contribution in [0.2, 0.25) is 0 Å². The number of aromatic amines is 2. The standard InChI is InChI=1S/C14H13N3O3/c1-7-6-15-9-4-3-8(13(20-2)12(7)9)10-5-11(14(18)19)17-16-10/h3-6,15H,1-2H3,(H,16,17)(H,18,19). The summed E-state index contributed by atoms with van der Waals surface area (Å²) in [5.74, 6) is -0.355. The summed E-state index contributed by atoms with van der Waals surface area (Å²) in [4.78, 5) is 14.1. The van der Waals surface area contributed by atoms with E-state index in [2.05, 4.69) is 15.2 Å². The van der Waals surface area contributed by atoms with Crippen molar-refractivity contribution in [3.8, 4) is 17.0 Å². The van der Waals surface area contributed by atoms with Gasteiger partial charge in [-0.2, -0.15) is 5.10 Å². The molecule has 0 unspecified atom stereocenters. The van der Waals surface area contributed by atoms with E-state index < -0.39 is 5.97 Å². The third-order valence-electron chi connectivity index (χ3n) is 3.28. The number of ether oxygens (including phenoxy) is 1. The highest BCUT2D eigenvalue weighted by atomic mass is 16.5. The van der Waals surface area contributed by atoms with Crippen molar-refractivity contribution in [1.82, 2.24) is 15.2 Å². The molecule has 0 saturated carbocycles. The topological polar surface area (TPSA) is 91.0 Å². The Morgan fingerprint density at radius 2 is 2.20 bits per heavy atom. The third kappa shape index (κ3) is 1.73. The summed E-state index contributed by atoms with van der Waals surface area (Å²) >= 11 is 0. The van der Waals surface area contributed by atoms with Gasteiger partial charge in [0.25, 0.3) is 0 Å². The normalized spacial score (nSPS) is 10.9. The van der Waals surface area contributed by atoms with E-state index in [-0.39, 0.29) is 5.69 Å². The van der Waals surface area contributed by atoms with Crippen LogP contribution >= 0.6 is 0 Å². The average molecular weight is 271 g/mol. The van der Waals surface area contributed by atoms with Crippen molar-refractivity contribution in [3.05, 3.63) is 35.7 Å². The Bertz CT molecular complexity index is 801. The van der Waals surface area contributed by atoms with Crippen LogP contribution in [0.15, 0.2) is 24.4 Å². The van der Waals surface area contributed by atoms with Gasteiger partial charge in [-0.05, 0) is 30.7 Å². The zero-order valence-corrected chi connectivity index (χ0v) is 11.0. The molecule has 6 nitrogen and oxygen atoms in total. The van der Waals surface area contributed by atoms with E-state index in [4.69, 9.17) is 9.84 Å². The highest BCUT2D eigenvalue weighted by Crippen LogP contribution is 2.37. The SMILES string of the molecule is COc1c(-c2cc(C(=O)O)[nH]n2)ccc2[nH]cc(C)c12. The van der Waals surface area contributed by atoms with Gasteiger partial charge in [0.05, 0.1) is 12.8 Å². The molecule has 0 spiro atoms. The summed E-state index contributed by atoms with van der Waals surface area (Å²) in [7, 11) is 1.59. The Morgan fingerprint density at radius 1 is 1.40 bits per heavy atom. The van der Waals surface area contributed by atoms with Gasteiger partial charge in [-0.15, -0.1) is 0 Å². The van der Waals surface area contributed by atoms with Gasteiger partial charge in [-0.3, -0.25) is 5.10 Å².